The molecule has 1 aliphatic carbocycles. The van der Waals surface area contributed by atoms with Gasteiger partial charge in [-0.3, -0.25) is 4.79 Å². The summed E-state index contributed by atoms with van der Waals surface area (Å²) in [5.74, 6) is 4.19. The van der Waals surface area contributed by atoms with Crippen molar-refractivity contribution in [1.82, 2.24) is 19.9 Å². The molecule has 0 radical (unpaired) electrons. The molecule has 1 saturated heterocycles. The number of carbonyl (C=O) groups is 1. The highest BCUT2D eigenvalue weighted by Gasteiger charge is 2.23. The molecule has 7 heteroatoms. The van der Waals surface area contributed by atoms with Crippen molar-refractivity contribution in [2.24, 2.45) is 5.92 Å². The highest BCUT2D eigenvalue weighted by atomic mass is 16.2. The van der Waals surface area contributed by atoms with Crippen LogP contribution >= 0.6 is 0 Å². The lowest BCUT2D eigenvalue weighted by Gasteiger charge is -2.36. The minimum Gasteiger partial charge on any atom is -0.353 e. The minimum absolute atomic E-state index is 0.316. The molecule has 2 fully saturated rings. The van der Waals surface area contributed by atoms with Gasteiger partial charge >= 0.3 is 0 Å². The summed E-state index contributed by atoms with van der Waals surface area (Å²) in [7, 11) is 0. The first-order chi connectivity index (χ1) is 14.7. The number of hydrogen-bond donors (Lipinski definition) is 1. The van der Waals surface area contributed by atoms with Gasteiger partial charge in [0.15, 0.2) is 0 Å². The van der Waals surface area contributed by atoms with Gasteiger partial charge in [0.1, 0.15) is 23.3 Å². The lowest BCUT2D eigenvalue weighted by molar-refractivity contribution is -0.131. The highest BCUT2D eigenvalue weighted by molar-refractivity contribution is 5.76. The number of amides is 1. The Morgan fingerprint density at radius 1 is 1.07 bits per heavy atom. The smallest absolute Gasteiger partial charge is 0.222 e. The molecule has 2 aliphatic rings. The van der Waals surface area contributed by atoms with Crippen LogP contribution in [-0.2, 0) is 4.79 Å². The van der Waals surface area contributed by atoms with Gasteiger partial charge in [-0.1, -0.05) is 38.2 Å². The standard InChI is InChI=1S/C23H32N6O/c1-18-25-21(27-20-9-5-6-12-24-20)17-22(26-18)28-13-15-29(16-14-28)23(30)11-10-19-7-3-2-4-8-19/h5-6,9,12,17,19H,2-4,7-8,10-11,13-16H2,1H3,(H,24,25,26,27). The summed E-state index contributed by atoms with van der Waals surface area (Å²) >= 11 is 0. The third-order valence-corrected chi connectivity index (χ3v) is 6.19. The quantitative estimate of drug-likeness (QED) is 0.781. The highest BCUT2D eigenvalue weighted by Crippen LogP contribution is 2.27. The predicted octanol–water partition coefficient (Wildman–Crippen LogP) is 3.93. The monoisotopic (exact) mass is 408 g/mol. The van der Waals surface area contributed by atoms with Crippen LogP contribution in [0, 0.1) is 12.8 Å². The van der Waals surface area contributed by atoms with Gasteiger partial charge in [0.2, 0.25) is 5.91 Å². The van der Waals surface area contributed by atoms with E-state index in [1.807, 2.05) is 36.1 Å². The molecule has 0 unspecified atom stereocenters. The molecule has 3 heterocycles. The average molecular weight is 409 g/mol. The maximum Gasteiger partial charge on any atom is 0.222 e. The summed E-state index contributed by atoms with van der Waals surface area (Å²) in [6, 6.07) is 7.70. The summed E-state index contributed by atoms with van der Waals surface area (Å²) < 4.78 is 0. The number of pyridine rings is 1. The number of nitrogens with zero attached hydrogens (tertiary/aromatic N) is 5. The summed E-state index contributed by atoms with van der Waals surface area (Å²) in [6.07, 6.45) is 10.2. The fourth-order valence-corrected chi connectivity index (χ4v) is 4.49. The van der Waals surface area contributed by atoms with Crippen molar-refractivity contribution in [3.05, 3.63) is 36.3 Å². The molecule has 4 rings (SSSR count). The zero-order valence-corrected chi connectivity index (χ0v) is 17.9. The van der Waals surface area contributed by atoms with Crippen LogP contribution in [0.15, 0.2) is 30.5 Å². The molecule has 1 amide bonds. The lowest BCUT2D eigenvalue weighted by Crippen LogP contribution is -2.49. The van der Waals surface area contributed by atoms with Crippen molar-refractivity contribution in [2.75, 3.05) is 36.4 Å². The van der Waals surface area contributed by atoms with Crippen LogP contribution in [0.25, 0.3) is 0 Å². The van der Waals surface area contributed by atoms with Crippen LogP contribution in [0.5, 0.6) is 0 Å². The van der Waals surface area contributed by atoms with E-state index in [-0.39, 0.29) is 0 Å². The van der Waals surface area contributed by atoms with E-state index in [4.69, 9.17) is 0 Å². The van der Waals surface area contributed by atoms with Gasteiger partial charge in [0, 0.05) is 44.9 Å². The van der Waals surface area contributed by atoms with E-state index in [1.165, 1.54) is 32.1 Å². The summed E-state index contributed by atoms with van der Waals surface area (Å²) in [4.78, 5) is 30.3. The Hall–Kier alpha value is -2.70. The molecular formula is C23H32N6O. The third kappa shape index (κ3) is 5.46. The number of anilines is 3. The Kier molecular flexibility index (Phi) is 6.77. The Labute approximate surface area is 178 Å². The number of nitrogens with one attached hydrogen (secondary N) is 1. The van der Waals surface area contributed by atoms with Gasteiger partial charge in [0.25, 0.3) is 0 Å². The molecule has 0 aromatic carbocycles. The van der Waals surface area contributed by atoms with Crippen molar-refractivity contribution in [3.8, 4) is 0 Å². The lowest BCUT2D eigenvalue weighted by atomic mass is 9.86. The fraction of sp³-hybridized carbons (Fsp3) is 0.565. The Bertz CT molecular complexity index is 829. The maximum atomic E-state index is 12.7. The van der Waals surface area contributed by atoms with Gasteiger partial charge in [-0.05, 0) is 31.4 Å². The van der Waals surface area contributed by atoms with Crippen molar-refractivity contribution in [2.45, 2.75) is 51.9 Å². The Balaban J connectivity index is 1.30. The van der Waals surface area contributed by atoms with Crippen LogP contribution in [0.4, 0.5) is 17.5 Å². The largest absolute Gasteiger partial charge is 0.353 e. The number of aromatic nitrogens is 3. The number of rotatable bonds is 6. The molecule has 0 atom stereocenters. The van der Waals surface area contributed by atoms with E-state index < -0.39 is 0 Å². The number of aryl methyl sites for hydroxylation is 1. The van der Waals surface area contributed by atoms with Gasteiger partial charge in [-0.25, -0.2) is 15.0 Å². The van der Waals surface area contributed by atoms with Crippen LogP contribution in [0.1, 0.15) is 50.8 Å². The van der Waals surface area contributed by atoms with E-state index in [0.29, 0.717) is 12.3 Å². The second-order valence-corrected chi connectivity index (χ2v) is 8.41. The molecule has 7 nitrogen and oxygen atoms in total. The predicted molar refractivity (Wildman–Crippen MR) is 119 cm³/mol. The number of hydrogen-bond acceptors (Lipinski definition) is 6. The fourth-order valence-electron chi connectivity index (χ4n) is 4.49. The molecule has 2 aromatic rings. The summed E-state index contributed by atoms with van der Waals surface area (Å²) in [5, 5.41) is 3.25. The SMILES string of the molecule is Cc1nc(Nc2ccccn2)cc(N2CCN(C(=O)CCC3CCCCC3)CC2)n1. The van der Waals surface area contributed by atoms with Crippen molar-refractivity contribution >= 4 is 23.4 Å². The molecule has 1 aliphatic heterocycles. The van der Waals surface area contributed by atoms with Crippen molar-refractivity contribution < 1.29 is 4.79 Å². The molecule has 30 heavy (non-hydrogen) atoms. The van der Waals surface area contributed by atoms with Gasteiger partial charge < -0.3 is 15.1 Å². The van der Waals surface area contributed by atoms with E-state index in [1.54, 1.807) is 6.20 Å². The zero-order chi connectivity index (χ0) is 20.8. The second-order valence-electron chi connectivity index (χ2n) is 8.41. The molecule has 1 saturated carbocycles. The topological polar surface area (TPSA) is 74.2 Å². The van der Waals surface area contributed by atoms with E-state index in [9.17, 15) is 4.79 Å². The second kappa shape index (κ2) is 9.87. The minimum atomic E-state index is 0.316. The Morgan fingerprint density at radius 3 is 2.60 bits per heavy atom. The first-order valence-electron chi connectivity index (χ1n) is 11.2. The first-order valence-corrected chi connectivity index (χ1v) is 11.2. The molecule has 0 spiro atoms. The maximum absolute atomic E-state index is 12.7. The number of piperazine rings is 1. The van der Waals surface area contributed by atoms with Crippen molar-refractivity contribution in [3.63, 3.8) is 0 Å². The Morgan fingerprint density at radius 2 is 1.87 bits per heavy atom. The van der Waals surface area contributed by atoms with Crippen LogP contribution in [0.3, 0.4) is 0 Å². The van der Waals surface area contributed by atoms with Gasteiger partial charge in [-0.2, -0.15) is 0 Å². The van der Waals surface area contributed by atoms with Crippen LogP contribution in [0.2, 0.25) is 0 Å². The van der Waals surface area contributed by atoms with Gasteiger partial charge in [-0.15, -0.1) is 0 Å². The number of carbonyl (C=O) groups excluding carboxylic acids is 1. The third-order valence-electron chi connectivity index (χ3n) is 6.19. The van der Waals surface area contributed by atoms with Crippen molar-refractivity contribution in [1.29, 1.82) is 0 Å². The van der Waals surface area contributed by atoms with Crippen LogP contribution in [-0.4, -0.2) is 51.9 Å². The molecule has 2 aromatic heterocycles. The molecular weight excluding hydrogens is 376 g/mol. The van der Waals surface area contributed by atoms with E-state index in [2.05, 4.69) is 25.2 Å². The summed E-state index contributed by atoms with van der Waals surface area (Å²) in [5.41, 5.74) is 0. The summed E-state index contributed by atoms with van der Waals surface area (Å²) in [6.45, 7) is 5.02. The first kappa shape index (κ1) is 20.6. The molecule has 160 valence electrons. The molecule has 0 bridgehead atoms. The van der Waals surface area contributed by atoms with E-state index >= 15 is 0 Å². The van der Waals surface area contributed by atoms with Gasteiger partial charge in [0.05, 0.1) is 0 Å². The van der Waals surface area contributed by atoms with Crippen LogP contribution < -0.4 is 10.2 Å². The average Bonchev–Trinajstić information content (AvgIpc) is 2.78. The molecule has 1 N–H and O–H groups in total. The normalized spacial score (nSPS) is 17.8. The zero-order valence-electron chi connectivity index (χ0n) is 17.9. The van der Waals surface area contributed by atoms with E-state index in [0.717, 1.165) is 61.8 Å².